The van der Waals surface area contributed by atoms with Crippen LogP contribution < -0.4 is 10.6 Å². The maximum Gasteiger partial charge on any atom is 0.326 e. The van der Waals surface area contributed by atoms with Crippen molar-refractivity contribution in [3.05, 3.63) is 28.3 Å². The van der Waals surface area contributed by atoms with Crippen LogP contribution in [-0.2, 0) is 19.1 Å². The highest BCUT2D eigenvalue weighted by Crippen LogP contribution is 2.27. The van der Waals surface area contributed by atoms with Crippen molar-refractivity contribution in [3.8, 4) is 0 Å². The van der Waals surface area contributed by atoms with Crippen molar-refractivity contribution in [1.29, 1.82) is 0 Å². The van der Waals surface area contributed by atoms with E-state index in [0.717, 1.165) is 16.0 Å². The van der Waals surface area contributed by atoms with Crippen LogP contribution in [0.4, 0.5) is 10.5 Å². The normalized spacial score (nSPS) is 15.7. The van der Waals surface area contributed by atoms with Crippen molar-refractivity contribution >= 4 is 41.1 Å². The number of carbonyl (C=O) groups is 4. The Morgan fingerprint density at radius 1 is 1.27 bits per heavy atom. The minimum atomic E-state index is -1.07. The molecule has 0 atom stereocenters. The summed E-state index contributed by atoms with van der Waals surface area (Å²) in [5.41, 5.74) is 1.09. The van der Waals surface area contributed by atoms with Crippen molar-refractivity contribution in [2.45, 2.75) is 33.2 Å². The molecule has 8 nitrogen and oxygen atoms in total. The number of amides is 4. The number of nitrogens with zero attached hydrogens (tertiary/aromatic N) is 1. The van der Waals surface area contributed by atoms with Gasteiger partial charge in [-0.3, -0.25) is 19.3 Å². The number of imide groups is 1. The number of anilines is 1. The molecule has 1 saturated heterocycles. The molecule has 0 unspecified atom stereocenters. The number of hydrogen-bond donors (Lipinski definition) is 2. The molecule has 1 heterocycles. The number of carbonyl (C=O) groups excluding carboxylic acids is 4. The van der Waals surface area contributed by atoms with Crippen molar-refractivity contribution in [2.24, 2.45) is 0 Å². The third kappa shape index (κ3) is 4.32. The molecule has 4 amide bonds. The van der Waals surface area contributed by atoms with E-state index in [2.05, 4.69) is 10.6 Å². The largest absolute Gasteiger partial charge is 0.454 e. The van der Waals surface area contributed by atoms with Crippen molar-refractivity contribution in [2.75, 3.05) is 18.5 Å². The molecule has 0 aliphatic carbocycles. The maximum absolute atomic E-state index is 12.0. The minimum Gasteiger partial charge on any atom is -0.454 e. The predicted octanol–water partition coefficient (Wildman–Crippen LogP) is 1.77. The summed E-state index contributed by atoms with van der Waals surface area (Å²) in [6.45, 7) is 5.60. The van der Waals surface area contributed by atoms with Crippen molar-refractivity contribution in [1.82, 2.24) is 10.2 Å². The number of nitrogens with one attached hydrogen (secondary N) is 2. The lowest BCUT2D eigenvalue weighted by molar-refractivity contribution is -0.150. The number of benzene rings is 1. The molecule has 2 N–H and O–H groups in total. The van der Waals surface area contributed by atoms with E-state index in [1.165, 1.54) is 13.8 Å². The lowest BCUT2D eigenvalue weighted by atomic mass is 10.1. The molecule has 1 aliphatic heterocycles. The molecule has 1 fully saturated rings. The van der Waals surface area contributed by atoms with E-state index in [4.69, 9.17) is 16.3 Å². The second-order valence-corrected chi connectivity index (χ2v) is 7.00. The number of aryl methyl sites for hydroxylation is 2. The summed E-state index contributed by atoms with van der Waals surface area (Å²) in [6, 6.07) is 2.88. The molecule has 2 rings (SSSR count). The van der Waals surface area contributed by atoms with Gasteiger partial charge in [0, 0.05) is 0 Å². The molecular formula is C17H20ClN3O5. The molecule has 0 radical (unpaired) electrons. The number of hydrogen-bond acceptors (Lipinski definition) is 5. The Morgan fingerprint density at radius 2 is 1.92 bits per heavy atom. The summed E-state index contributed by atoms with van der Waals surface area (Å²) in [5, 5.41) is 5.40. The van der Waals surface area contributed by atoms with Gasteiger partial charge in [0.15, 0.2) is 6.61 Å². The quantitative estimate of drug-likeness (QED) is 0.597. The molecule has 0 aromatic heterocycles. The zero-order chi connectivity index (χ0) is 19.6. The van der Waals surface area contributed by atoms with Gasteiger partial charge < -0.3 is 15.4 Å². The highest BCUT2D eigenvalue weighted by atomic mass is 35.5. The van der Waals surface area contributed by atoms with Crippen molar-refractivity contribution in [3.63, 3.8) is 0 Å². The summed E-state index contributed by atoms with van der Waals surface area (Å²) in [7, 11) is 0. The number of rotatable bonds is 5. The monoisotopic (exact) mass is 381 g/mol. The Bertz CT molecular complexity index is 768. The van der Waals surface area contributed by atoms with Gasteiger partial charge in [0.25, 0.3) is 11.8 Å². The average Bonchev–Trinajstić information content (AvgIpc) is 2.70. The molecule has 0 saturated carbocycles. The fourth-order valence-corrected chi connectivity index (χ4v) is 2.90. The molecular weight excluding hydrogens is 362 g/mol. The first-order valence-corrected chi connectivity index (χ1v) is 8.25. The minimum absolute atomic E-state index is 0.378. The van der Waals surface area contributed by atoms with Gasteiger partial charge in [-0.15, -0.1) is 0 Å². The van der Waals surface area contributed by atoms with Gasteiger partial charge in [-0.2, -0.15) is 0 Å². The molecule has 140 valence electrons. The summed E-state index contributed by atoms with van der Waals surface area (Å²) in [6.07, 6.45) is 0. The lowest BCUT2D eigenvalue weighted by Gasteiger charge is -2.15. The van der Waals surface area contributed by atoms with E-state index in [1.807, 2.05) is 13.0 Å². The molecule has 0 bridgehead atoms. The van der Waals surface area contributed by atoms with E-state index in [1.54, 1.807) is 13.0 Å². The number of ether oxygens (including phenoxy) is 1. The van der Waals surface area contributed by atoms with Gasteiger partial charge >= 0.3 is 12.0 Å². The third-order valence-electron chi connectivity index (χ3n) is 3.79. The standard InChI is InChI=1S/C17H20ClN3O5/c1-9-5-10(2)14(11(18)6-9)19-12(22)8-26-13(23)7-21-15(24)17(3,4)20-16(21)25/h5-6H,7-8H2,1-4H3,(H,19,22)(H,20,25). The van der Waals surface area contributed by atoms with Crippen molar-refractivity contribution < 1.29 is 23.9 Å². The fourth-order valence-electron chi connectivity index (χ4n) is 2.53. The van der Waals surface area contributed by atoms with E-state index < -0.39 is 42.5 Å². The highest BCUT2D eigenvalue weighted by Gasteiger charge is 2.45. The lowest BCUT2D eigenvalue weighted by Crippen LogP contribution is -2.41. The van der Waals surface area contributed by atoms with Gasteiger partial charge in [-0.1, -0.05) is 17.7 Å². The van der Waals surface area contributed by atoms with Crippen LogP contribution in [0.15, 0.2) is 12.1 Å². The SMILES string of the molecule is Cc1cc(C)c(NC(=O)COC(=O)CN2C(=O)NC(C)(C)C2=O)c(Cl)c1. The van der Waals surface area contributed by atoms with Crippen LogP contribution in [0.3, 0.4) is 0 Å². The Kier molecular flexibility index (Phi) is 5.56. The predicted molar refractivity (Wildman–Crippen MR) is 94.8 cm³/mol. The van der Waals surface area contributed by atoms with Crippen LogP contribution in [-0.4, -0.2) is 47.4 Å². The first-order chi connectivity index (χ1) is 12.0. The first-order valence-electron chi connectivity index (χ1n) is 7.87. The fraction of sp³-hybridized carbons (Fsp3) is 0.412. The van der Waals surface area contributed by atoms with Gasteiger partial charge in [0.1, 0.15) is 12.1 Å². The Balaban J connectivity index is 1.89. The van der Waals surface area contributed by atoms with Gasteiger partial charge in [-0.05, 0) is 44.9 Å². The van der Waals surface area contributed by atoms with Crippen LogP contribution in [0.25, 0.3) is 0 Å². The smallest absolute Gasteiger partial charge is 0.326 e. The van der Waals surface area contributed by atoms with E-state index in [-0.39, 0.29) is 0 Å². The van der Waals surface area contributed by atoms with Crippen LogP contribution in [0.2, 0.25) is 5.02 Å². The maximum atomic E-state index is 12.0. The molecule has 1 aliphatic rings. The zero-order valence-corrected chi connectivity index (χ0v) is 15.7. The van der Waals surface area contributed by atoms with E-state index in [0.29, 0.717) is 10.7 Å². The van der Waals surface area contributed by atoms with Crippen LogP contribution >= 0.6 is 11.6 Å². The Morgan fingerprint density at radius 3 is 2.46 bits per heavy atom. The van der Waals surface area contributed by atoms with Gasteiger partial charge in [0.05, 0.1) is 10.7 Å². The molecule has 1 aromatic rings. The highest BCUT2D eigenvalue weighted by molar-refractivity contribution is 6.34. The molecule has 26 heavy (non-hydrogen) atoms. The molecule has 9 heteroatoms. The number of esters is 1. The van der Waals surface area contributed by atoms with Gasteiger partial charge in [-0.25, -0.2) is 4.79 Å². The zero-order valence-electron chi connectivity index (χ0n) is 14.9. The Labute approximate surface area is 155 Å². The molecule has 0 spiro atoms. The topological polar surface area (TPSA) is 105 Å². The van der Waals surface area contributed by atoms with E-state index in [9.17, 15) is 19.2 Å². The van der Waals surface area contributed by atoms with Crippen LogP contribution in [0.5, 0.6) is 0 Å². The van der Waals surface area contributed by atoms with Crippen LogP contribution in [0, 0.1) is 13.8 Å². The number of halogens is 1. The first kappa shape index (κ1) is 19.7. The Hall–Kier alpha value is -2.61. The molecule has 1 aromatic carbocycles. The van der Waals surface area contributed by atoms with E-state index >= 15 is 0 Å². The second kappa shape index (κ2) is 7.33. The summed E-state index contributed by atoms with van der Waals surface area (Å²) >= 11 is 6.10. The number of urea groups is 1. The summed E-state index contributed by atoms with van der Waals surface area (Å²) in [5.74, 6) is -1.98. The third-order valence-corrected chi connectivity index (χ3v) is 4.09. The second-order valence-electron chi connectivity index (χ2n) is 6.59. The van der Waals surface area contributed by atoms with Gasteiger partial charge in [0.2, 0.25) is 0 Å². The average molecular weight is 382 g/mol. The van der Waals surface area contributed by atoms with Crippen LogP contribution in [0.1, 0.15) is 25.0 Å². The summed E-state index contributed by atoms with van der Waals surface area (Å²) in [4.78, 5) is 48.3. The summed E-state index contributed by atoms with van der Waals surface area (Å²) < 4.78 is 4.84.